The van der Waals surface area contributed by atoms with Crippen molar-refractivity contribution < 1.29 is 28.3 Å². The largest absolute Gasteiger partial charge is 0.493 e. The highest BCUT2D eigenvalue weighted by Gasteiger charge is 2.26. The summed E-state index contributed by atoms with van der Waals surface area (Å²) in [6.07, 6.45) is 0.653. The third kappa shape index (κ3) is 8.68. The molecule has 0 atom stereocenters. The van der Waals surface area contributed by atoms with Gasteiger partial charge in [0.25, 0.3) is 0 Å². The molecule has 5 amide bonds. The summed E-state index contributed by atoms with van der Waals surface area (Å²) >= 11 is 6.12. The van der Waals surface area contributed by atoms with Gasteiger partial charge in [0.15, 0.2) is 11.6 Å². The molecule has 2 aromatic carbocycles. The standard InChI is InChI=1S/C13H17FN2O3.C12H10ClN3O2.C2H6/c1-9-4-5-10(12(14)13(9)19-3)16(2)7-6-11(18)15-8-17;1-7-2-3-9(11(13)8(7)6-14)16-5-4-10(17)15-12(16)18;1-2/h4-5,8H,6-7H2,1-3H3,(H,15,17,18);2-3H,4-5H2,1H3,(H,15,17,18);1-2H3. The number of nitriles is 1. The molecule has 10 nitrogen and oxygen atoms in total. The Morgan fingerprint density at radius 2 is 1.90 bits per heavy atom. The Labute approximate surface area is 232 Å². The Kier molecular flexibility index (Phi) is 13.4. The second kappa shape index (κ2) is 15.9. The van der Waals surface area contributed by atoms with E-state index in [0.717, 1.165) is 5.56 Å². The summed E-state index contributed by atoms with van der Waals surface area (Å²) in [5.41, 5.74) is 2.60. The molecular formula is C27H33ClFN5O5. The average Bonchev–Trinajstić information content (AvgIpc) is 2.90. The van der Waals surface area contributed by atoms with Crippen molar-refractivity contribution in [3.8, 4) is 11.8 Å². The molecule has 0 unspecified atom stereocenters. The van der Waals surface area contributed by atoms with Crippen LogP contribution in [0.5, 0.6) is 5.75 Å². The number of benzene rings is 2. The highest BCUT2D eigenvalue weighted by atomic mass is 35.5. The molecule has 210 valence electrons. The number of anilines is 2. The van der Waals surface area contributed by atoms with E-state index in [1.165, 1.54) is 12.0 Å². The van der Waals surface area contributed by atoms with Crippen LogP contribution in [0.1, 0.15) is 43.4 Å². The number of ether oxygens (including phenoxy) is 1. The van der Waals surface area contributed by atoms with Crippen molar-refractivity contribution >= 4 is 47.2 Å². The maximum Gasteiger partial charge on any atom is 0.328 e. The normalized spacial score (nSPS) is 12.0. The van der Waals surface area contributed by atoms with Gasteiger partial charge in [-0.05, 0) is 37.1 Å². The van der Waals surface area contributed by atoms with Crippen LogP contribution in [-0.4, -0.2) is 51.5 Å². The lowest BCUT2D eigenvalue weighted by Crippen LogP contribution is -2.49. The van der Waals surface area contributed by atoms with Crippen LogP contribution in [0, 0.1) is 31.0 Å². The van der Waals surface area contributed by atoms with E-state index < -0.39 is 17.8 Å². The summed E-state index contributed by atoms with van der Waals surface area (Å²) in [4.78, 5) is 47.0. The van der Waals surface area contributed by atoms with Crippen molar-refractivity contribution in [2.45, 2.75) is 40.5 Å². The highest BCUT2D eigenvalue weighted by molar-refractivity contribution is 6.35. The summed E-state index contributed by atoms with van der Waals surface area (Å²) in [6, 6.07) is 8.28. The van der Waals surface area contributed by atoms with Gasteiger partial charge in [-0.15, -0.1) is 0 Å². The zero-order chi connectivity index (χ0) is 29.7. The molecule has 0 aliphatic carbocycles. The van der Waals surface area contributed by atoms with Gasteiger partial charge in [-0.3, -0.25) is 29.9 Å². The smallest absolute Gasteiger partial charge is 0.328 e. The third-order valence-electron chi connectivity index (χ3n) is 5.57. The van der Waals surface area contributed by atoms with Crippen molar-refractivity contribution in [2.75, 3.05) is 37.0 Å². The quantitative estimate of drug-likeness (QED) is 0.483. The van der Waals surface area contributed by atoms with Gasteiger partial charge in [0.2, 0.25) is 18.2 Å². The van der Waals surface area contributed by atoms with Crippen LogP contribution in [0.2, 0.25) is 5.02 Å². The van der Waals surface area contributed by atoms with Crippen molar-refractivity contribution in [1.29, 1.82) is 5.26 Å². The number of hydrogen-bond acceptors (Lipinski definition) is 7. The summed E-state index contributed by atoms with van der Waals surface area (Å²) < 4.78 is 19.1. The van der Waals surface area contributed by atoms with Gasteiger partial charge >= 0.3 is 6.03 Å². The molecule has 2 N–H and O–H groups in total. The SMILES string of the molecule is CC.COc1c(C)ccc(N(C)CCC(=O)NC=O)c1F.Cc1ccc(N2CCC(=O)NC2=O)c(Cl)c1C#N. The summed E-state index contributed by atoms with van der Waals surface area (Å²) in [6.45, 7) is 8.08. The van der Waals surface area contributed by atoms with Gasteiger partial charge in [-0.1, -0.05) is 37.6 Å². The molecule has 0 spiro atoms. The lowest BCUT2D eigenvalue weighted by atomic mass is 10.1. The van der Waals surface area contributed by atoms with E-state index >= 15 is 0 Å². The van der Waals surface area contributed by atoms with Crippen LogP contribution in [-0.2, 0) is 14.4 Å². The number of aryl methyl sites for hydroxylation is 2. The number of rotatable bonds is 7. The summed E-state index contributed by atoms with van der Waals surface area (Å²) in [5, 5.41) is 13.5. The Balaban J connectivity index is 0.000000367. The molecule has 2 aromatic rings. The molecule has 1 heterocycles. The van der Waals surface area contributed by atoms with Crippen LogP contribution in [0.4, 0.5) is 20.6 Å². The molecule has 12 heteroatoms. The number of carbonyl (C=O) groups excluding carboxylic acids is 4. The first-order valence-electron chi connectivity index (χ1n) is 12.1. The minimum Gasteiger partial charge on any atom is -0.493 e. The lowest BCUT2D eigenvalue weighted by Gasteiger charge is -2.27. The van der Waals surface area contributed by atoms with Crippen molar-refractivity contribution in [1.82, 2.24) is 10.6 Å². The highest BCUT2D eigenvalue weighted by Crippen LogP contribution is 2.32. The molecule has 1 fully saturated rings. The molecule has 39 heavy (non-hydrogen) atoms. The van der Waals surface area contributed by atoms with E-state index in [1.54, 1.807) is 50.1 Å². The van der Waals surface area contributed by atoms with Gasteiger partial charge < -0.3 is 9.64 Å². The summed E-state index contributed by atoms with van der Waals surface area (Å²) in [7, 11) is 3.08. The first kappa shape index (κ1) is 32.9. The fourth-order valence-electron chi connectivity index (χ4n) is 3.52. The van der Waals surface area contributed by atoms with Gasteiger partial charge in [0.05, 0.1) is 29.1 Å². The van der Waals surface area contributed by atoms with Gasteiger partial charge in [0.1, 0.15) is 6.07 Å². The Hall–Kier alpha value is -4.17. The number of amides is 5. The maximum atomic E-state index is 14.1. The molecule has 0 aromatic heterocycles. The van der Waals surface area contributed by atoms with Gasteiger partial charge in [-0.25, -0.2) is 9.18 Å². The molecule has 1 saturated heterocycles. The first-order valence-corrected chi connectivity index (χ1v) is 12.5. The number of hydrogen-bond donors (Lipinski definition) is 2. The van der Waals surface area contributed by atoms with Crippen LogP contribution >= 0.6 is 11.6 Å². The van der Waals surface area contributed by atoms with E-state index in [0.29, 0.717) is 35.5 Å². The average molecular weight is 562 g/mol. The first-order chi connectivity index (χ1) is 18.5. The van der Waals surface area contributed by atoms with Crippen LogP contribution < -0.4 is 25.2 Å². The van der Waals surface area contributed by atoms with E-state index in [4.69, 9.17) is 21.6 Å². The number of imide groups is 2. The predicted molar refractivity (Wildman–Crippen MR) is 148 cm³/mol. The van der Waals surface area contributed by atoms with Gasteiger partial charge in [0, 0.05) is 33.0 Å². The number of nitrogens with one attached hydrogen (secondary N) is 2. The van der Waals surface area contributed by atoms with Gasteiger partial charge in [-0.2, -0.15) is 5.26 Å². The van der Waals surface area contributed by atoms with E-state index in [-0.39, 0.29) is 36.1 Å². The van der Waals surface area contributed by atoms with Crippen molar-refractivity contribution in [3.05, 3.63) is 51.8 Å². The molecule has 3 rings (SSSR count). The van der Waals surface area contributed by atoms with Crippen LogP contribution in [0.25, 0.3) is 0 Å². The number of urea groups is 1. The Bertz CT molecular complexity index is 1250. The minimum absolute atomic E-state index is 0.102. The molecule has 1 aliphatic rings. The molecule has 0 radical (unpaired) electrons. The fourth-order valence-corrected chi connectivity index (χ4v) is 3.87. The number of halogens is 2. The topological polar surface area (TPSA) is 132 Å². The monoisotopic (exact) mass is 561 g/mol. The predicted octanol–water partition coefficient (Wildman–Crippen LogP) is 4.23. The van der Waals surface area contributed by atoms with E-state index in [9.17, 15) is 23.6 Å². The molecular weight excluding hydrogens is 529 g/mol. The molecule has 0 saturated carbocycles. The van der Waals surface area contributed by atoms with Crippen LogP contribution in [0.15, 0.2) is 24.3 Å². The second-order valence-corrected chi connectivity index (χ2v) is 8.44. The second-order valence-electron chi connectivity index (χ2n) is 8.06. The van der Waals surface area contributed by atoms with Crippen molar-refractivity contribution in [2.24, 2.45) is 0 Å². The van der Waals surface area contributed by atoms with E-state index in [1.807, 2.05) is 25.2 Å². The summed E-state index contributed by atoms with van der Waals surface area (Å²) in [5.74, 6) is -0.969. The van der Waals surface area contributed by atoms with Crippen molar-refractivity contribution in [3.63, 3.8) is 0 Å². The van der Waals surface area contributed by atoms with Crippen LogP contribution in [0.3, 0.4) is 0 Å². The van der Waals surface area contributed by atoms with E-state index in [2.05, 4.69) is 5.32 Å². The number of carbonyl (C=O) groups is 4. The minimum atomic E-state index is -0.513. The molecule has 1 aliphatic heterocycles. The number of methoxy groups -OCH3 is 1. The lowest BCUT2D eigenvalue weighted by molar-refractivity contribution is -0.125. The number of nitrogens with zero attached hydrogens (tertiary/aromatic N) is 3. The third-order valence-corrected chi connectivity index (χ3v) is 5.95. The maximum absolute atomic E-state index is 14.1. The zero-order valence-electron chi connectivity index (χ0n) is 22.9. The zero-order valence-corrected chi connectivity index (χ0v) is 23.6. The Morgan fingerprint density at radius 1 is 1.26 bits per heavy atom. The fraction of sp³-hybridized carbons (Fsp3) is 0.370. The molecule has 0 bridgehead atoms. The Morgan fingerprint density at radius 3 is 2.46 bits per heavy atom.